The Balaban J connectivity index is 1.71. The number of aliphatic hydroxyl groups is 1. The van der Waals surface area contributed by atoms with E-state index in [1.165, 1.54) is 19.3 Å². The van der Waals surface area contributed by atoms with Crippen LogP contribution in [-0.4, -0.2) is 23.7 Å². The number of carbonyl (C=O) groups is 1. The minimum Gasteiger partial charge on any atom is -0.392 e. The summed E-state index contributed by atoms with van der Waals surface area (Å²) in [4.78, 5) is 12.4. The Morgan fingerprint density at radius 2 is 1.71 bits per heavy atom. The Hall–Kier alpha value is -0.570. The van der Waals surface area contributed by atoms with Gasteiger partial charge >= 0.3 is 0 Å². The maximum absolute atomic E-state index is 12.4. The van der Waals surface area contributed by atoms with Crippen molar-refractivity contribution in [3.05, 3.63) is 0 Å². The number of hydrogen-bond donors (Lipinski definition) is 2. The third-order valence-electron chi connectivity index (χ3n) is 5.08. The molecule has 4 aliphatic carbocycles. The maximum atomic E-state index is 12.4. The molecule has 2 N–H and O–H groups in total. The first kappa shape index (κ1) is 11.5. The minimum absolute atomic E-state index is 0.0658. The van der Waals surface area contributed by atoms with Gasteiger partial charge in [0.25, 0.3) is 0 Å². The SMILES string of the molecule is CC(O)CNC(=O)C12CC3CC(CC(C3)C1)C2. The summed E-state index contributed by atoms with van der Waals surface area (Å²) in [6.45, 7) is 2.13. The summed E-state index contributed by atoms with van der Waals surface area (Å²) < 4.78 is 0. The van der Waals surface area contributed by atoms with Crippen molar-refractivity contribution in [1.82, 2.24) is 5.32 Å². The molecular formula is C14H23NO2. The molecule has 4 bridgehead atoms. The number of amides is 1. The average Bonchev–Trinajstić information content (AvgIpc) is 2.23. The van der Waals surface area contributed by atoms with Crippen molar-refractivity contribution in [2.24, 2.45) is 23.2 Å². The van der Waals surface area contributed by atoms with Gasteiger partial charge in [0.2, 0.25) is 5.91 Å². The van der Waals surface area contributed by atoms with Gasteiger partial charge in [0.05, 0.1) is 6.10 Å². The van der Waals surface area contributed by atoms with E-state index in [1.807, 2.05) is 0 Å². The molecule has 1 unspecified atom stereocenters. The first-order valence-corrected chi connectivity index (χ1v) is 7.04. The molecule has 4 aliphatic rings. The van der Waals surface area contributed by atoms with Crippen molar-refractivity contribution in [1.29, 1.82) is 0 Å². The van der Waals surface area contributed by atoms with Crippen LogP contribution in [0.4, 0.5) is 0 Å². The van der Waals surface area contributed by atoms with Crippen LogP contribution in [0.3, 0.4) is 0 Å². The zero-order chi connectivity index (χ0) is 12.0. The monoisotopic (exact) mass is 237 g/mol. The van der Waals surface area contributed by atoms with Crippen molar-refractivity contribution in [3.8, 4) is 0 Å². The Morgan fingerprint density at radius 3 is 2.12 bits per heavy atom. The number of aliphatic hydroxyl groups excluding tert-OH is 1. The second kappa shape index (κ2) is 3.98. The Bertz CT molecular complexity index is 289. The van der Waals surface area contributed by atoms with E-state index in [1.54, 1.807) is 6.92 Å². The Kier molecular flexibility index (Phi) is 2.69. The number of nitrogens with one attached hydrogen (secondary N) is 1. The molecule has 0 aliphatic heterocycles. The molecule has 0 aromatic heterocycles. The summed E-state index contributed by atoms with van der Waals surface area (Å²) in [5, 5.41) is 12.2. The molecule has 0 aromatic carbocycles. The quantitative estimate of drug-likeness (QED) is 0.785. The molecule has 4 saturated carbocycles. The Labute approximate surface area is 103 Å². The summed E-state index contributed by atoms with van der Waals surface area (Å²) in [5.74, 6) is 2.63. The van der Waals surface area contributed by atoms with E-state index >= 15 is 0 Å². The summed E-state index contributed by atoms with van der Waals surface area (Å²) >= 11 is 0. The van der Waals surface area contributed by atoms with Crippen molar-refractivity contribution in [2.75, 3.05) is 6.54 Å². The molecule has 17 heavy (non-hydrogen) atoms. The van der Waals surface area contributed by atoms with E-state index in [0.29, 0.717) is 6.54 Å². The molecule has 0 aromatic rings. The van der Waals surface area contributed by atoms with Gasteiger partial charge in [-0.2, -0.15) is 0 Å². The smallest absolute Gasteiger partial charge is 0.226 e. The predicted octanol–water partition coefficient (Wildman–Crippen LogP) is 1.70. The number of rotatable bonds is 3. The van der Waals surface area contributed by atoms with Crippen LogP contribution >= 0.6 is 0 Å². The lowest BCUT2D eigenvalue weighted by molar-refractivity contribution is -0.146. The molecule has 3 heteroatoms. The highest BCUT2D eigenvalue weighted by Crippen LogP contribution is 2.60. The summed E-state index contributed by atoms with van der Waals surface area (Å²) in [7, 11) is 0. The van der Waals surface area contributed by atoms with E-state index in [-0.39, 0.29) is 11.3 Å². The summed E-state index contributed by atoms with van der Waals surface area (Å²) in [6.07, 6.45) is 6.96. The molecule has 0 saturated heterocycles. The lowest BCUT2D eigenvalue weighted by Crippen LogP contribution is -2.54. The number of hydrogen-bond acceptors (Lipinski definition) is 2. The standard InChI is InChI=1S/C14H23NO2/c1-9(16)8-15-13(17)14-5-10-2-11(6-14)4-12(3-10)7-14/h9-12,16H,2-8H2,1H3,(H,15,17). The van der Waals surface area contributed by atoms with Crippen molar-refractivity contribution >= 4 is 5.91 Å². The molecule has 0 spiro atoms. The van der Waals surface area contributed by atoms with E-state index in [9.17, 15) is 9.90 Å². The molecular weight excluding hydrogens is 214 g/mol. The van der Waals surface area contributed by atoms with Crippen LogP contribution in [0.5, 0.6) is 0 Å². The molecule has 1 amide bonds. The maximum Gasteiger partial charge on any atom is 0.226 e. The molecule has 3 nitrogen and oxygen atoms in total. The highest BCUT2D eigenvalue weighted by Gasteiger charge is 2.54. The van der Waals surface area contributed by atoms with Crippen molar-refractivity contribution in [3.63, 3.8) is 0 Å². The topological polar surface area (TPSA) is 49.3 Å². The molecule has 96 valence electrons. The van der Waals surface area contributed by atoms with E-state index in [0.717, 1.165) is 37.0 Å². The van der Waals surface area contributed by atoms with Gasteiger partial charge in [0.1, 0.15) is 0 Å². The third-order valence-corrected chi connectivity index (χ3v) is 5.08. The predicted molar refractivity (Wildman–Crippen MR) is 65.3 cm³/mol. The normalized spacial score (nSPS) is 44.7. The zero-order valence-corrected chi connectivity index (χ0v) is 10.6. The van der Waals surface area contributed by atoms with Gasteiger partial charge in [0.15, 0.2) is 0 Å². The second-order valence-corrected chi connectivity index (χ2v) is 6.76. The second-order valence-electron chi connectivity index (χ2n) is 6.76. The molecule has 4 fully saturated rings. The van der Waals surface area contributed by atoms with Gasteiger partial charge in [-0.3, -0.25) is 4.79 Å². The lowest BCUT2D eigenvalue weighted by atomic mass is 9.49. The molecule has 0 radical (unpaired) electrons. The van der Waals surface area contributed by atoms with E-state index in [4.69, 9.17) is 0 Å². The average molecular weight is 237 g/mol. The Morgan fingerprint density at radius 1 is 1.24 bits per heavy atom. The first-order valence-electron chi connectivity index (χ1n) is 7.04. The van der Waals surface area contributed by atoms with E-state index < -0.39 is 6.10 Å². The minimum atomic E-state index is -0.437. The largest absolute Gasteiger partial charge is 0.392 e. The van der Waals surface area contributed by atoms with Crippen LogP contribution in [0, 0.1) is 23.2 Å². The van der Waals surface area contributed by atoms with Crippen LogP contribution in [0.15, 0.2) is 0 Å². The highest BCUT2D eigenvalue weighted by atomic mass is 16.3. The fraction of sp³-hybridized carbons (Fsp3) is 0.929. The molecule has 0 heterocycles. The lowest BCUT2D eigenvalue weighted by Gasteiger charge is -2.55. The summed E-state index contributed by atoms with van der Waals surface area (Å²) in [6, 6.07) is 0. The third kappa shape index (κ3) is 1.99. The van der Waals surface area contributed by atoms with Crippen LogP contribution < -0.4 is 5.32 Å². The van der Waals surface area contributed by atoms with Gasteiger partial charge in [-0.15, -0.1) is 0 Å². The van der Waals surface area contributed by atoms with E-state index in [2.05, 4.69) is 5.32 Å². The fourth-order valence-electron chi connectivity index (χ4n) is 4.82. The van der Waals surface area contributed by atoms with Crippen LogP contribution in [-0.2, 0) is 4.79 Å². The van der Waals surface area contributed by atoms with Crippen LogP contribution in [0.1, 0.15) is 45.4 Å². The van der Waals surface area contributed by atoms with Gasteiger partial charge in [-0.25, -0.2) is 0 Å². The zero-order valence-electron chi connectivity index (χ0n) is 10.6. The fourth-order valence-corrected chi connectivity index (χ4v) is 4.82. The van der Waals surface area contributed by atoms with Gasteiger partial charge in [0, 0.05) is 12.0 Å². The summed E-state index contributed by atoms with van der Waals surface area (Å²) in [5.41, 5.74) is -0.0658. The highest BCUT2D eigenvalue weighted by molar-refractivity contribution is 5.83. The number of carbonyl (C=O) groups excluding carboxylic acids is 1. The van der Waals surface area contributed by atoms with Crippen molar-refractivity contribution < 1.29 is 9.90 Å². The van der Waals surface area contributed by atoms with Gasteiger partial charge in [-0.05, 0) is 63.2 Å². The first-order chi connectivity index (χ1) is 8.07. The van der Waals surface area contributed by atoms with Crippen LogP contribution in [0.25, 0.3) is 0 Å². The molecule has 4 rings (SSSR count). The van der Waals surface area contributed by atoms with Crippen molar-refractivity contribution in [2.45, 2.75) is 51.6 Å². The van der Waals surface area contributed by atoms with Gasteiger partial charge < -0.3 is 10.4 Å². The molecule has 1 atom stereocenters. The van der Waals surface area contributed by atoms with Gasteiger partial charge in [-0.1, -0.05) is 0 Å². The van der Waals surface area contributed by atoms with Crippen LogP contribution in [0.2, 0.25) is 0 Å².